The van der Waals surface area contributed by atoms with Crippen molar-refractivity contribution >= 4 is 92.6 Å². The molecule has 2 saturated heterocycles. The molecule has 0 saturated carbocycles. The maximum Gasteiger partial charge on any atom is 0.305 e. The van der Waals surface area contributed by atoms with Gasteiger partial charge >= 0.3 is 5.97 Å². The molecule has 2 aromatic carbocycles. The topological polar surface area (TPSA) is 498 Å². The van der Waals surface area contributed by atoms with Gasteiger partial charge in [0.05, 0.1) is 25.7 Å². The van der Waals surface area contributed by atoms with Crippen LogP contribution in [0.15, 0.2) is 86.0 Å². The van der Waals surface area contributed by atoms with Gasteiger partial charge < -0.3 is 89.1 Å². The Morgan fingerprint density at radius 3 is 1.60 bits per heavy atom. The molecule has 19 N–H and O–H groups in total. The Kier molecular flexibility index (Phi) is 23.4. The first kappa shape index (κ1) is 67.6. The Morgan fingerprint density at radius 2 is 1.11 bits per heavy atom. The van der Waals surface area contributed by atoms with E-state index in [1.165, 1.54) is 36.9 Å². The molecule has 0 spiro atoms. The number of hydrogen-bond donors (Lipinski definition) is 17. The Balaban J connectivity index is 1.02. The fraction of sp³-hybridized carbons (Fsp3) is 0.433. The number of carboxylic acid groups (broad SMARTS) is 1. The van der Waals surface area contributed by atoms with E-state index in [1.807, 2.05) is 0 Å². The Bertz CT molecular complexity index is 3630. The molecule has 490 valence electrons. The van der Waals surface area contributed by atoms with E-state index in [2.05, 4.69) is 77.8 Å². The summed E-state index contributed by atoms with van der Waals surface area (Å²) in [5.41, 5.74) is 14.2. The number of nitrogens with zero attached hydrogens (tertiary/aromatic N) is 3. The summed E-state index contributed by atoms with van der Waals surface area (Å²) in [6.07, 6.45) is 8.04. The zero-order valence-electron chi connectivity index (χ0n) is 50.3. The molecular formula is C60H76N18O14. The molecule has 0 unspecified atom stereocenters. The van der Waals surface area contributed by atoms with Gasteiger partial charge in [-0.1, -0.05) is 36.4 Å². The van der Waals surface area contributed by atoms with E-state index in [-0.39, 0.29) is 69.6 Å². The number of Topliss-reactive ketones (excluding diaryl/α,β-unsaturated/α-hetero) is 1. The van der Waals surface area contributed by atoms with E-state index in [0.717, 1.165) is 0 Å². The average Bonchev–Trinajstić information content (AvgIpc) is 1.70. The number of benzene rings is 2. The molecular weight excluding hydrogens is 1200 g/mol. The number of likely N-dealkylation sites (tertiary alicyclic amines) is 1. The quantitative estimate of drug-likeness (QED) is 0.0139. The Morgan fingerprint density at radius 1 is 0.620 bits per heavy atom. The van der Waals surface area contributed by atoms with E-state index in [1.54, 1.807) is 60.9 Å². The summed E-state index contributed by atoms with van der Waals surface area (Å²) in [6, 6.07) is -0.477. The van der Waals surface area contributed by atoms with Crippen molar-refractivity contribution in [3.05, 3.63) is 108 Å². The highest BCUT2D eigenvalue weighted by Crippen LogP contribution is 2.24. The lowest BCUT2D eigenvalue weighted by Crippen LogP contribution is -2.62. The van der Waals surface area contributed by atoms with Crippen LogP contribution in [0.3, 0.4) is 0 Å². The smallest absolute Gasteiger partial charge is 0.305 e. The molecule has 10 amide bonds. The van der Waals surface area contributed by atoms with Crippen LogP contribution in [0.25, 0.3) is 21.8 Å². The number of para-hydroxylation sites is 2. The van der Waals surface area contributed by atoms with E-state index in [4.69, 9.17) is 11.5 Å². The minimum absolute atomic E-state index is 0.0418. The first-order chi connectivity index (χ1) is 44.2. The third kappa shape index (κ3) is 17.7. The fourth-order valence-corrected chi connectivity index (χ4v) is 11.0. The third-order valence-corrected chi connectivity index (χ3v) is 16.0. The summed E-state index contributed by atoms with van der Waals surface area (Å²) in [6.45, 7) is 0.926. The lowest BCUT2D eigenvalue weighted by atomic mass is 10.0. The summed E-state index contributed by atoms with van der Waals surface area (Å²) in [4.78, 5) is 187. The molecule has 32 nitrogen and oxygen atoms in total. The first-order valence-corrected chi connectivity index (χ1v) is 30.1. The van der Waals surface area contributed by atoms with Gasteiger partial charge in [0.2, 0.25) is 59.1 Å². The van der Waals surface area contributed by atoms with Gasteiger partial charge in [0.25, 0.3) is 0 Å². The molecule has 2 aliphatic rings. The fourth-order valence-electron chi connectivity index (χ4n) is 11.0. The van der Waals surface area contributed by atoms with Crippen LogP contribution in [0.2, 0.25) is 0 Å². The predicted molar refractivity (Wildman–Crippen MR) is 327 cm³/mol. The number of fused-ring (bicyclic) bond motifs is 2. The van der Waals surface area contributed by atoms with Gasteiger partial charge in [0.1, 0.15) is 60.4 Å². The average molecular weight is 1270 g/mol. The van der Waals surface area contributed by atoms with Crippen molar-refractivity contribution in [3.8, 4) is 0 Å². The van der Waals surface area contributed by atoms with Crippen LogP contribution in [0, 0.1) is 0 Å². The van der Waals surface area contributed by atoms with E-state index < -0.39 is 145 Å². The number of carboxylic acids is 1. The Labute approximate surface area is 525 Å². The van der Waals surface area contributed by atoms with Crippen LogP contribution in [-0.4, -0.2) is 203 Å². The second-order valence-corrected chi connectivity index (χ2v) is 22.6. The van der Waals surface area contributed by atoms with Gasteiger partial charge in [0, 0.05) is 103 Å². The molecule has 10 atom stereocenters. The first-order valence-electron chi connectivity index (χ1n) is 30.1. The summed E-state index contributed by atoms with van der Waals surface area (Å²) >= 11 is 0. The number of carbonyl (C=O) groups is 12. The maximum atomic E-state index is 14.8. The molecule has 2 aliphatic heterocycles. The molecule has 32 heteroatoms. The number of imidazole rings is 2. The van der Waals surface area contributed by atoms with Crippen LogP contribution in [0.5, 0.6) is 0 Å². The van der Waals surface area contributed by atoms with Crippen LogP contribution in [0.1, 0.15) is 74.4 Å². The number of aliphatic hydroxyl groups excluding tert-OH is 1. The highest BCUT2D eigenvalue weighted by atomic mass is 16.4. The molecule has 92 heavy (non-hydrogen) atoms. The molecule has 6 heterocycles. The lowest BCUT2D eigenvalue weighted by Gasteiger charge is -2.30. The zero-order chi connectivity index (χ0) is 66.0. The predicted octanol–water partition coefficient (Wildman–Crippen LogP) is -3.73. The van der Waals surface area contributed by atoms with E-state index in [9.17, 15) is 67.7 Å². The normalized spacial score (nSPS) is 17.2. The minimum Gasteiger partial charge on any atom is -0.481 e. The van der Waals surface area contributed by atoms with Crippen LogP contribution >= 0.6 is 0 Å². The number of aliphatic carboxylic acids is 1. The van der Waals surface area contributed by atoms with Gasteiger partial charge in [0.15, 0.2) is 5.78 Å². The number of nitrogens with one attached hydrogen (secondary N) is 13. The largest absolute Gasteiger partial charge is 0.481 e. The highest BCUT2D eigenvalue weighted by Gasteiger charge is 2.41. The third-order valence-electron chi connectivity index (χ3n) is 16.0. The second kappa shape index (κ2) is 31.9. The second-order valence-electron chi connectivity index (χ2n) is 22.6. The maximum absolute atomic E-state index is 14.8. The van der Waals surface area contributed by atoms with Gasteiger partial charge in [-0.3, -0.25) is 62.9 Å². The highest BCUT2D eigenvalue weighted by molar-refractivity contribution is 6.08. The van der Waals surface area contributed by atoms with Crippen molar-refractivity contribution < 1.29 is 67.7 Å². The summed E-state index contributed by atoms with van der Waals surface area (Å²) < 4.78 is 0. The number of hydrogen-bond acceptors (Lipinski definition) is 17. The minimum atomic E-state index is -1.97. The zero-order valence-corrected chi connectivity index (χ0v) is 50.3. The number of primary amides is 1. The number of ketones is 1. The van der Waals surface area contributed by atoms with Gasteiger partial charge in [-0.05, 0) is 68.8 Å². The number of aromatic amines is 4. The van der Waals surface area contributed by atoms with Crippen molar-refractivity contribution in [2.24, 2.45) is 11.5 Å². The van der Waals surface area contributed by atoms with Crippen molar-refractivity contribution in [3.63, 3.8) is 0 Å². The summed E-state index contributed by atoms with van der Waals surface area (Å²) in [5, 5.41) is 45.5. The molecule has 8 rings (SSSR count). The molecule has 2 fully saturated rings. The van der Waals surface area contributed by atoms with Crippen molar-refractivity contribution in [2.75, 3.05) is 26.2 Å². The number of nitrogens with two attached hydrogens (primary N) is 2. The molecule has 4 aromatic heterocycles. The molecule has 0 bridgehead atoms. The molecule has 0 radical (unpaired) electrons. The molecule has 0 aliphatic carbocycles. The van der Waals surface area contributed by atoms with Gasteiger partial charge in [-0.15, -0.1) is 0 Å². The number of rotatable bonds is 33. The standard InChI is InChI=1S/C60H76N18O14/c1-31(51(62)83)70-58(90)47-14-8-18-78(47)60(92)40(13-6-7-16-61)71-52(84)41(19-32-24-66-38-11-4-2-9-36(32)38)73-56(88)45(23-49(81)82)75-54(86)43(21-34-26-63-29-68-34)74-57(89)46(28-79)77-53(85)42(20-33-25-67-39-12-5-3-10-37(33)39)72-55(87)44(22-35-27-64-30-69-35)76-59(91)50-48(80)15-17-65-50/h2-5,9-12,24-27,29-31,40-47,50,65-67,79H,6-8,13-23,28,61H2,1H3,(H2,62,83)(H,63,68)(H,64,69)(H,70,90)(H,71,84)(H,72,87)(H,73,88)(H,74,89)(H,75,86)(H,76,91)(H,77,85)(H,81,82)/t31-,40-,41-,42-,43-,44-,45-,46-,47-,50+/m0/s1. The number of aliphatic hydroxyl groups is 1. The number of aromatic nitrogens is 6. The SMILES string of the molecule is C[C@H](NC(=O)[C@@H]1CCCN1C(=O)[C@H](CCCCN)NC(=O)[C@H](Cc1c[nH]c2ccccc12)NC(=O)[C@H](CC(=O)O)NC(=O)[C@H](Cc1cnc[nH]1)NC(=O)[C@H](CO)NC(=O)[C@H](Cc1c[nH]c2ccccc12)NC(=O)[C@H](Cc1cnc[nH]1)NC(=O)[C@@H]1NCCC1=O)C(N)=O. The van der Waals surface area contributed by atoms with Crippen LogP contribution in [-0.2, 0) is 83.2 Å². The van der Waals surface area contributed by atoms with E-state index in [0.29, 0.717) is 57.9 Å². The summed E-state index contributed by atoms with van der Waals surface area (Å²) in [5.74, 6) is -11.1. The van der Waals surface area contributed by atoms with Crippen molar-refractivity contribution in [1.29, 1.82) is 0 Å². The Hall–Kier alpha value is -10.3. The van der Waals surface area contributed by atoms with Crippen molar-refractivity contribution in [1.82, 2.24) is 82.7 Å². The van der Waals surface area contributed by atoms with Gasteiger partial charge in [-0.2, -0.15) is 0 Å². The number of amides is 10. The number of carbonyl (C=O) groups excluding carboxylic acids is 11. The monoisotopic (exact) mass is 1270 g/mol. The lowest BCUT2D eigenvalue weighted by molar-refractivity contribution is -0.143. The number of unbranched alkanes of at least 4 members (excludes halogenated alkanes) is 1. The molecule has 6 aromatic rings. The number of H-pyrrole nitrogens is 4. The van der Waals surface area contributed by atoms with Crippen molar-refractivity contribution in [2.45, 2.75) is 138 Å². The van der Waals surface area contributed by atoms with E-state index >= 15 is 0 Å². The summed E-state index contributed by atoms with van der Waals surface area (Å²) in [7, 11) is 0. The van der Waals surface area contributed by atoms with Gasteiger partial charge in [-0.25, -0.2) is 9.97 Å². The van der Waals surface area contributed by atoms with Crippen LogP contribution < -0.4 is 59.3 Å². The van der Waals surface area contributed by atoms with Crippen LogP contribution in [0.4, 0.5) is 0 Å².